The lowest BCUT2D eigenvalue weighted by Crippen LogP contribution is -2.39. The molecule has 1 aliphatic rings. The molecule has 6 heteroatoms. The van der Waals surface area contributed by atoms with Crippen molar-refractivity contribution in [2.45, 2.75) is 32.1 Å². The molecule has 0 bridgehead atoms. The van der Waals surface area contributed by atoms with Gasteiger partial charge in [0.1, 0.15) is 5.76 Å². The number of fused-ring (bicyclic) bond motifs is 1. The van der Waals surface area contributed by atoms with E-state index in [2.05, 4.69) is 11.2 Å². The van der Waals surface area contributed by atoms with E-state index >= 15 is 0 Å². The van der Waals surface area contributed by atoms with Gasteiger partial charge in [0.15, 0.2) is 0 Å². The zero-order valence-corrected chi connectivity index (χ0v) is 14.4. The van der Waals surface area contributed by atoms with E-state index < -0.39 is 0 Å². The Balaban J connectivity index is 1.47. The van der Waals surface area contributed by atoms with Crippen LogP contribution >= 0.6 is 11.3 Å². The summed E-state index contributed by atoms with van der Waals surface area (Å²) in [6.45, 7) is 3.42. The zero-order valence-electron chi connectivity index (χ0n) is 13.6. The van der Waals surface area contributed by atoms with E-state index in [1.165, 1.54) is 4.70 Å². The molecule has 1 unspecified atom stereocenters. The maximum Gasteiger partial charge on any atom is 0.230 e. The Morgan fingerprint density at radius 1 is 1.42 bits per heavy atom. The minimum Gasteiger partial charge on any atom is -0.361 e. The van der Waals surface area contributed by atoms with Crippen LogP contribution in [0.3, 0.4) is 0 Å². The Bertz CT molecular complexity index is 837. The van der Waals surface area contributed by atoms with Gasteiger partial charge < -0.3 is 9.42 Å². The SMILES string of the molecule is Cc1cc(CC(=O)N2CCCC(c3nc4ccccc4s3)C2)on1. The smallest absolute Gasteiger partial charge is 0.230 e. The Labute approximate surface area is 144 Å². The van der Waals surface area contributed by atoms with Gasteiger partial charge in [-0.2, -0.15) is 0 Å². The third kappa shape index (κ3) is 3.06. The van der Waals surface area contributed by atoms with Crippen molar-refractivity contribution in [2.75, 3.05) is 13.1 Å². The summed E-state index contributed by atoms with van der Waals surface area (Å²) in [5.41, 5.74) is 1.86. The summed E-state index contributed by atoms with van der Waals surface area (Å²) in [5, 5.41) is 4.99. The molecule has 0 N–H and O–H groups in total. The van der Waals surface area contributed by atoms with Crippen molar-refractivity contribution in [1.29, 1.82) is 0 Å². The largest absolute Gasteiger partial charge is 0.361 e. The highest BCUT2D eigenvalue weighted by Gasteiger charge is 2.27. The first-order chi connectivity index (χ1) is 11.7. The van der Waals surface area contributed by atoms with E-state index in [1.807, 2.05) is 36.1 Å². The van der Waals surface area contributed by atoms with Gasteiger partial charge in [0.2, 0.25) is 5.91 Å². The van der Waals surface area contributed by atoms with Gasteiger partial charge in [0.05, 0.1) is 27.3 Å². The van der Waals surface area contributed by atoms with E-state index in [1.54, 1.807) is 11.3 Å². The third-order valence-corrected chi connectivity index (χ3v) is 5.63. The van der Waals surface area contributed by atoms with Crippen molar-refractivity contribution in [3.8, 4) is 0 Å². The maximum absolute atomic E-state index is 12.5. The number of hydrogen-bond acceptors (Lipinski definition) is 5. The summed E-state index contributed by atoms with van der Waals surface area (Å²) in [6.07, 6.45) is 2.39. The van der Waals surface area contributed by atoms with Gasteiger partial charge in [0.25, 0.3) is 0 Å². The number of likely N-dealkylation sites (tertiary alicyclic amines) is 1. The van der Waals surface area contributed by atoms with E-state index in [4.69, 9.17) is 9.51 Å². The van der Waals surface area contributed by atoms with Crippen LogP contribution < -0.4 is 0 Å². The van der Waals surface area contributed by atoms with Crippen LogP contribution in [-0.2, 0) is 11.2 Å². The van der Waals surface area contributed by atoms with E-state index in [-0.39, 0.29) is 12.3 Å². The average molecular weight is 341 g/mol. The predicted octanol–water partition coefficient (Wildman–Crippen LogP) is 3.54. The number of aryl methyl sites for hydroxylation is 1. The van der Waals surface area contributed by atoms with Crippen molar-refractivity contribution in [3.05, 3.63) is 46.8 Å². The van der Waals surface area contributed by atoms with Gasteiger partial charge in [-0.15, -0.1) is 11.3 Å². The fraction of sp³-hybridized carbons (Fsp3) is 0.389. The van der Waals surface area contributed by atoms with Crippen molar-refractivity contribution in [2.24, 2.45) is 0 Å². The topological polar surface area (TPSA) is 59.2 Å². The second-order valence-corrected chi connectivity index (χ2v) is 7.37. The molecule has 0 spiro atoms. The Morgan fingerprint density at radius 2 is 2.29 bits per heavy atom. The van der Waals surface area contributed by atoms with Crippen LogP contribution in [0.15, 0.2) is 34.9 Å². The van der Waals surface area contributed by atoms with Crippen LogP contribution in [0, 0.1) is 6.92 Å². The number of aromatic nitrogens is 2. The normalized spacial score (nSPS) is 18.2. The molecule has 0 radical (unpaired) electrons. The lowest BCUT2D eigenvalue weighted by molar-refractivity contribution is -0.132. The summed E-state index contributed by atoms with van der Waals surface area (Å²) in [7, 11) is 0. The molecule has 0 saturated carbocycles. The Morgan fingerprint density at radius 3 is 3.08 bits per heavy atom. The first kappa shape index (κ1) is 15.3. The molecule has 1 saturated heterocycles. The lowest BCUT2D eigenvalue weighted by Gasteiger charge is -2.31. The van der Waals surface area contributed by atoms with Crippen LogP contribution in [-0.4, -0.2) is 34.0 Å². The van der Waals surface area contributed by atoms with E-state index in [0.29, 0.717) is 11.7 Å². The summed E-state index contributed by atoms with van der Waals surface area (Å²) in [6, 6.07) is 10.0. The van der Waals surface area contributed by atoms with Gasteiger partial charge in [-0.25, -0.2) is 4.98 Å². The molecule has 3 heterocycles. The highest BCUT2D eigenvalue weighted by molar-refractivity contribution is 7.18. The first-order valence-electron chi connectivity index (χ1n) is 8.24. The average Bonchev–Trinajstić information content (AvgIpc) is 3.21. The molecule has 2 aromatic heterocycles. The van der Waals surface area contributed by atoms with Crippen molar-refractivity contribution in [3.63, 3.8) is 0 Å². The van der Waals surface area contributed by atoms with Crippen LogP contribution in [0.4, 0.5) is 0 Å². The van der Waals surface area contributed by atoms with Crippen LogP contribution in [0.25, 0.3) is 10.2 Å². The molecule has 124 valence electrons. The van der Waals surface area contributed by atoms with Crippen LogP contribution in [0.5, 0.6) is 0 Å². The molecule has 1 aromatic carbocycles. The van der Waals surface area contributed by atoms with Gasteiger partial charge in [-0.3, -0.25) is 4.79 Å². The van der Waals surface area contributed by atoms with Crippen molar-refractivity contribution >= 4 is 27.5 Å². The minimum atomic E-state index is 0.108. The zero-order chi connectivity index (χ0) is 16.5. The molecule has 3 aromatic rings. The molecule has 1 atom stereocenters. The molecule has 1 aliphatic heterocycles. The molecule has 1 fully saturated rings. The fourth-order valence-corrected chi connectivity index (χ4v) is 4.32. The van der Waals surface area contributed by atoms with E-state index in [9.17, 15) is 4.79 Å². The van der Waals surface area contributed by atoms with Gasteiger partial charge in [-0.1, -0.05) is 17.3 Å². The lowest BCUT2D eigenvalue weighted by atomic mass is 9.98. The summed E-state index contributed by atoms with van der Waals surface area (Å²) in [5.74, 6) is 1.08. The monoisotopic (exact) mass is 341 g/mol. The molecule has 24 heavy (non-hydrogen) atoms. The third-order valence-electron chi connectivity index (χ3n) is 4.44. The van der Waals surface area contributed by atoms with Gasteiger partial charge in [-0.05, 0) is 31.9 Å². The molecular formula is C18H19N3O2S. The Hall–Kier alpha value is -2.21. The fourth-order valence-electron chi connectivity index (χ4n) is 3.23. The summed E-state index contributed by atoms with van der Waals surface area (Å²) >= 11 is 1.75. The van der Waals surface area contributed by atoms with Crippen LogP contribution in [0.1, 0.15) is 35.2 Å². The number of piperidine rings is 1. The number of nitrogens with zero attached hydrogens (tertiary/aromatic N) is 3. The van der Waals surface area contributed by atoms with E-state index in [0.717, 1.165) is 42.1 Å². The number of para-hydroxylation sites is 1. The number of benzene rings is 1. The second-order valence-electron chi connectivity index (χ2n) is 6.31. The summed E-state index contributed by atoms with van der Waals surface area (Å²) in [4.78, 5) is 19.3. The number of hydrogen-bond donors (Lipinski definition) is 0. The molecule has 1 amide bonds. The maximum atomic E-state index is 12.5. The standard InChI is InChI=1S/C18H19N3O2S/c1-12-9-14(23-20-12)10-17(22)21-8-4-5-13(11-21)18-19-15-6-2-3-7-16(15)24-18/h2-3,6-7,9,13H,4-5,8,10-11H2,1H3. The molecular weight excluding hydrogens is 322 g/mol. The quantitative estimate of drug-likeness (QED) is 0.731. The van der Waals surface area contributed by atoms with Crippen molar-refractivity contribution in [1.82, 2.24) is 15.0 Å². The number of amides is 1. The molecule has 5 nitrogen and oxygen atoms in total. The highest BCUT2D eigenvalue weighted by Crippen LogP contribution is 2.33. The number of thiazole rings is 1. The second kappa shape index (κ2) is 6.36. The number of carbonyl (C=O) groups excluding carboxylic acids is 1. The molecule has 0 aliphatic carbocycles. The molecule has 4 rings (SSSR count). The van der Waals surface area contributed by atoms with Crippen molar-refractivity contribution < 1.29 is 9.32 Å². The number of rotatable bonds is 3. The predicted molar refractivity (Wildman–Crippen MR) is 93.1 cm³/mol. The number of carbonyl (C=O) groups is 1. The van der Waals surface area contributed by atoms with Gasteiger partial charge in [0, 0.05) is 25.1 Å². The van der Waals surface area contributed by atoms with Crippen LogP contribution in [0.2, 0.25) is 0 Å². The Kier molecular flexibility index (Phi) is 4.06. The summed E-state index contributed by atoms with van der Waals surface area (Å²) < 4.78 is 6.39. The first-order valence-corrected chi connectivity index (χ1v) is 9.06. The minimum absolute atomic E-state index is 0.108. The highest BCUT2D eigenvalue weighted by atomic mass is 32.1. The van der Waals surface area contributed by atoms with Gasteiger partial charge >= 0.3 is 0 Å².